The molecular formula is C14H22N4. The van der Waals surface area contributed by atoms with Crippen LogP contribution in [0.4, 0.5) is 0 Å². The predicted molar refractivity (Wildman–Crippen MR) is 73.3 cm³/mol. The monoisotopic (exact) mass is 246 g/mol. The Kier molecular flexibility index (Phi) is 4.20. The molecule has 0 atom stereocenters. The zero-order chi connectivity index (χ0) is 13.0. The van der Waals surface area contributed by atoms with Crippen LogP contribution in [0.1, 0.15) is 25.2 Å². The van der Waals surface area contributed by atoms with E-state index >= 15 is 0 Å². The van der Waals surface area contributed by atoms with Crippen molar-refractivity contribution in [2.75, 3.05) is 6.54 Å². The van der Waals surface area contributed by atoms with E-state index in [0.717, 1.165) is 25.5 Å². The minimum atomic E-state index is 0.694. The van der Waals surface area contributed by atoms with Gasteiger partial charge in [0.2, 0.25) is 0 Å². The number of nitrogens with one attached hydrogen (secondary N) is 1. The van der Waals surface area contributed by atoms with Crippen molar-refractivity contribution in [1.82, 2.24) is 19.4 Å². The van der Waals surface area contributed by atoms with Gasteiger partial charge in [0.25, 0.3) is 0 Å². The highest BCUT2D eigenvalue weighted by Gasteiger charge is 2.02. The van der Waals surface area contributed by atoms with Crippen molar-refractivity contribution in [3.8, 4) is 0 Å². The van der Waals surface area contributed by atoms with Gasteiger partial charge in [-0.3, -0.25) is 0 Å². The molecule has 0 amide bonds. The second-order valence-corrected chi connectivity index (χ2v) is 5.17. The number of aromatic nitrogens is 3. The summed E-state index contributed by atoms with van der Waals surface area (Å²) < 4.78 is 4.23. The van der Waals surface area contributed by atoms with Crippen molar-refractivity contribution in [2.45, 2.75) is 26.9 Å². The van der Waals surface area contributed by atoms with Crippen LogP contribution in [0.3, 0.4) is 0 Å². The summed E-state index contributed by atoms with van der Waals surface area (Å²) in [5.41, 5.74) is 1.32. The molecule has 0 aromatic carbocycles. The van der Waals surface area contributed by atoms with Crippen molar-refractivity contribution >= 4 is 0 Å². The lowest BCUT2D eigenvalue weighted by Gasteiger charge is -2.06. The van der Waals surface area contributed by atoms with Crippen molar-refractivity contribution in [3.63, 3.8) is 0 Å². The van der Waals surface area contributed by atoms with Gasteiger partial charge in [-0.1, -0.05) is 13.8 Å². The third-order valence-electron chi connectivity index (χ3n) is 2.94. The fourth-order valence-corrected chi connectivity index (χ4v) is 1.91. The lowest BCUT2D eigenvalue weighted by Crippen LogP contribution is -2.18. The van der Waals surface area contributed by atoms with Crippen LogP contribution in [0, 0.1) is 5.92 Å². The summed E-state index contributed by atoms with van der Waals surface area (Å²) in [6.45, 7) is 7.27. The smallest absolute Gasteiger partial charge is 0.128 e. The zero-order valence-electron chi connectivity index (χ0n) is 11.4. The Morgan fingerprint density at radius 3 is 2.83 bits per heavy atom. The molecule has 0 bridgehead atoms. The molecule has 0 aliphatic heterocycles. The maximum absolute atomic E-state index is 4.33. The fraction of sp³-hybridized carbons (Fsp3) is 0.500. The molecule has 0 spiro atoms. The Bertz CT molecular complexity index is 481. The molecule has 2 heterocycles. The van der Waals surface area contributed by atoms with Gasteiger partial charge in [-0.05, 0) is 24.1 Å². The molecule has 0 radical (unpaired) electrons. The molecule has 0 aliphatic rings. The summed E-state index contributed by atoms with van der Waals surface area (Å²) in [4.78, 5) is 4.33. The Morgan fingerprint density at radius 1 is 1.33 bits per heavy atom. The molecule has 0 aliphatic carbocycles. The average Bonchev–Trinajstić information content (AvgIpc) is 2.90. The summed E-state index contributed by atoms with van der Waals surface area (Å²) in [6, 6.07) is 2.16. The third kappa shape index (κ3) is 3.47. The van der Waals surface area contributed by atoms with E-state index in [0.29, 0.717) is 5.92 Å². The van der Waals surface area contributed by atoms with E-state index in [9.17, 15) is 0 Å². The van der Waals surface area contributed by atoms with Gasteiger partial charge in [-0.25, -0.2) is 4.98 Å². The van der Waals surface area contributed by atoms with Crippen LogP contribution in [-0.2, 0) is 20.1 Å². The molecule has 4 heteroatoms. The Labute approximate surface area is 109 Å². The van der Waals surface area contributed by atoms with E-state index in [-0.39, 0.29) is 0 Å². The van der Waals surface area contributed by atoms with Gasteiger partial charge in [-0.2, -0.15) is 0 Å². The van der Waals surface area contributed by atoms with Gasteiger partial charge in [0.05, 0.1) is 6.54 Å². The molecule has 0 saturated carbocycles. The highest BCUT2D eigenvalue weighted by molar-refractivity contribution is 5.11. The molecule has 0 unspecified atom stereocenters. The quantitative estimate of drug-likeness (QED) is 0.846. The summed E-state index contributed by atoms with van der Waals surface area (Å²) in [7, 11) is 2.02. The number of nitrogens with zero attached hydrogens (tertiary/aromatic N) is 3. The van der Waals surface area contributed by atoms with Crippen LogP contribution in [0.2, 0.25) is 0 Å². The van der Waals surface area contributed by atoms with Crippen LogP contribution >= 0.6 is 0 Å². The van der Waals surface area contributed by atoms with Gasteiger partial charge in [0.1, 0.15) is 5.82 Å². The molecule has 98 valence electrons. The minimum absolute atomic E-state index is 0.694. The molecule has 0 fully saturated rings. The standard InChI is InChI=1S/C14H22N4/c1-12(2)8-15-9-13-4-6-18(10-13)11-14-16-5-7-17(14)3/h4-7,10,12,15H,8-9,11H2,1-3H3. The molecule has 2 rings (SSSR count). The first-order valence-electron chi connectivity index (χ1n) is 6.46. The largest absolute Gasteiger partial charge is 0.346 e. The first-order chi connectivity index (χ1) is 8.65. The molecule has 18 heavy (non-hydrogen) atoms. The number of imidazole rings is 1. The normalized spacial score (nSPS) is 11.3. The lowest BCUT2D eigenvalue weighted by molar-refractivity contribution is 0.552. The molecule has 2 aromatic rings. The van der Waals surface area contributed by atoms with E-state index in [1.807, 2.05) is 19.4 Å². The lowest BCUT2D eigenvalue weighted by atomic mass is 10.2. The number of aryl methyl sites for hydroxylation is 1. The second-order valence-electron chi connectivity index (χ2n) is 5.17. The van der Waals surface area contributed by atoms with Crippen LogP contribution in [-0.4, -0.2) is 20.7 Å². The van der Waals surface area contributed by atoms with E-state index in [1.54, 1.807) is 0 Å². The fourth-order valence-electron chi connectivity index (χ4n) is 1.91. The van der Waals surface area contributed by atoms with Crippen LogP contribution < -0.4 is 5.32 Å². The number of rotatable bonds is 6. The van der Waals surface area contributed by atoms with Crippen LogP contribution in [0.25, 0.3) is 0 Å². The number of hydrogen-bond donors (Lipinski definition) is 1. The second kappa shape index (κ2) is 5.87. The van der Waals surface area contributed by atoms with Crippen molar-refractivity contribution in [1.29, 1.82) is 0 Å². The SMILES string of the molecule is CC(C)CNCc1ccn(Cc2nccn2C)c1. The zero-order valence-corrected chi connectivity index (χ0v) is 11.4. The highest BCUT2D eigenvalue weighted by atomic mass is 15.1. The predicted octanol–water partition coefficient (Wildman–Crippen LogP) is 2.02. The van der Waals surface area contributed by atoms with Gasteiger partial charge in [0, 0.05) is 38.4 Å². The van der Waals surface area contributed by atoms with Gasteiger partial charge in [-0.15, -0.1) is 0 Å². The van der Waals surface area contributed by atoms with Crippen molar-refractivity contribution in [2.24, 2.45) is 13.0 Å². The van der Waals surface area contributed by atoms with Crippen LogP contribution in [0.5, 0.6) is 0 Å². The topological polar surface area (TPSA) is 34.8 Å². The molecule has 2 aromatic heterocycles. The Hall–Kier alpha value is -1.55. The van der Waals surface area contributed by atoms with E-state index < -0.39 is 0 Å². The minimum Gasteiger partial charge on any atom is -0.346 e. The molecule has 0 saturated heterocycles. The maximum Gasteiger partial charge on any atom is 0.128 e. The van der Waals surface area contributed by atoms with Gasteiger partial charge >= 0.3 is 0 Å². The Morgan fingerprint density at radius 2 is 2.17 bits per heavy atom. The molecule has 4 nitrogen and oxygen atoms in total. The first kappa shape index (κ1) is 12.9. The van der Waals surface area contributed by atoms with E-state index in [1.165, 1.54) is 5.56 Å². The number of hydrogen-bond acceptors (Lipinski definition) is 2. The molecule has 1 N–H and O–H groups in total. The van der Waals surface area contributed by atoms with Gasteiger partial charge < -0.3 is 14.5 Å². The summed E-state index contributed by atoms with van der Waals surface area (Å²) in [6.07, 6.45) is 8.11. The third-order valence-corrected chi connectivity index (χ3v) is 2.94. The summed E-state index contributed by atoms with van der Waals surface area (Å²) in [5.74, 6) is 1.77. The van der Waals surface area contributed by atoms with Crippen LogP contribution in [0.15, 0.2) is 30.9 Å². The van der Waals surface area contributed by atoms with Crippen molar-refractivity contribution < 1.29 is 0 Å². The Balaban J connectivity index is 1.88. The summed E-state index contributed by atoms with van der Waals surface area (Å²) >= 11 is 0. The first-order valence-corrected chi connectivity index (χ1v) is 6.46. The van der Waals surface area contributed by atoms with Crippen molar-refractivity contribution in [3.05, 3.63) is 42.2 Å². The average molecular weight is 246 g/mol. The summed E-state index contributed by atoms with van der Waals surface area (Å²) in [5, 5.41) is 3.45. The highest BCUT2D eigenvalue weighted by Crippen LogP contribution is 2.05. The van der Waals surface area contributed by atoms with E-state index in [4.69, 9.17) is 0 Å². The maximum atomic E-state index is 4.33. The molecular weight excluding hydrogens is 224 g/mol. The van der Waals surface area contributed by atoms with Gasteiger partial charge in [0.15, 0.2) is 0 Å². The van der Waals surface area contributed by atoms with E-state index in [2.05, 4.69) is 51.7 Å².